The minimum Gasteiger partial charge on any atom is -0.481 e. The van der Waals surface area contributed by atoms with Gasteiger partial charge in [0.15, 0.2) is 6.61 Å². The number of carbonyl (C=O) groups is 1. The number of amides is 1. The Hall–Kier alpha value is -2.54. The average Bonchev–Trinajstić information content (AvgIpc) is 2.89. The van der Waals surface area contributed by atoms with E-state index in [4.69, 9.17) is 16.3 Å². The van der Waals surface area contributed by atoms with Crippen LogP contribution in [0.5, 0.6) is 5.75 Å². The molecule has 2 aromatic rings. The van der Waals surface area contributed by atoms with Crippen molar-refractivity contribution in [2.45, 2.75) is 25.9 Å². The zero-order valence-electron chi connectivity index (χ0n) is 14.0. The van der Waals surface area contributed by atoms with Crippen molar-refractivity contribution in [3.05, 3.63) is 46.1 Å². The SMILES string of the molecule is C=CCN1C(=O)COc2cc(F)c(-c3c(Cl)n4n(c3=O)CCCC4)cc21. The maximum Gasteiger partial charge on any atom is 0.276 e. The molecule has 2 aliphatic rings. The highest BCUT2D eigenvalue weighted by atomic mass is 35.5. The topological polar surface area (TPSA) is 56.5 Å². The molecule has 0 N–H and O–H groups in total. The Kier molecular flexibility index (Phi) is 4.11. The molecule has 26 heavy (non-hydrogen) atoms. The van der Waals surface area contributed by atoms with E-state index < -0.39 is 5.82 Å². The number of ether oxygens (including phenoxy) is 1. The average molecular weight is 378 g/mol. The first kappa shape index (κ1) is 16.9. The Morgan fingerprint density at radius 1 is 1.23 bits per heavy atom. The van der Waals surface area contributed by atoms with E-state index in [2.05, 4.69) is 6.58 Å². The molecular formula is C18H17ClFN3O3. The highest BCUT2D eigenvalue weighted by Gasteiger charge is 2.30. The fourth-order valence-electron chi connectivity index (χ4n) is 3.50. The molecule has 0 saturated heterocycles. The first-order valence-corrected chi connectivity index (χ1v) is 8.77. The minimum absolute atomic E-state index is 0.0699. The summed E-state index contributed by atoms with van der Waals surface area (Å²) < 4.78 is 23.3. The molecule has 0 radical (unpaired) electrons. The molecule has 0 unspecified atom stereocenters. The highest BCUT2D eigenvalue weighted by Crippen LogP contribution is 2.39. The summed E-state index contributed by atoms with van der Waals surface area (Å²) in [7, 11) is 0. The van der Waals surface area contributed by atoms with Crippen LogP contribution in [0.1, 0.15) is 12.8 Å². The van der Waals surface area contributed by atoms with Gasteiger partial charge in [-0.2, -0.15) is 0 Å². The van der Waals surface area contributed by atoms with E-state index >= 15 is 0 Å². The van der Waals surface area contributed by atoms with Crippen LogP contribution in [0.25, 0.3) is 11.1 Å². The summed E-state index contributed by atoms with van der Waals surface area (Å²) in [6.45, 7) is 4.91. The number of carbonyl (C=O) groups excluding carboxylic acids is 1. The van der Waals surface area contributed by atoms with Crippen LogP contribution in [0, 0.1) is 5.82 Å². The molecule has 136 valence electrons. The Morgan fingerprint density at radius 3 is 2.65 bits per heavy atom. The van der Waals surface area contributed by atoms with Crippen LogP contribution >= 0.6 is 11.6 Å². The summed E-state index contributed by atoms with van der Waals surface area (Å²) in [5.41, 5.74) is 0.264. The number of aromatic nitrogens is 2. The number of benzene rings is 1. The lowest BCUT2D eigenvalue weighted by Gasteiger charge is -2.29. The number of fused-ring (bicyclic) bond motifs is 2. The van der Waals surface area contributed by atoms with E-state index in [1.165, 1.54) is 17.0 Å². The molecule has 1 aromatic heterocycles. The lowest BCUT2D eigenvalue weighted by Crippen LogP contribution is -2.39. The van der Waals surface area contributed by atoms with Crippen molar-refractivity contribution in [3.63, 3.8) is 0 Å². The molecule has 1 aromatic carbocycles. The second kappa shape index (κ2) is 6.32. The summed E-state index contributed by atoms with van der Waals surface area (Å²) in [5.74, 6) is -0.610. The van der Waals surface area contributed by atoms with Crippen LogP contribution in [0.4, 0.5) is 10.1 Å². The second-order valence-electron chi connectivity index (χ2n) is 6.31. The lowest BCUT2D eigenvalue weighted by atomic mass is 10.1. The van der Waals surface area contributed by atoms with Crippen molar-refractivity contribution < 1.29 is 13.9 Å². The van der Waals surface area contributed by atoms with Gasteiger partial charge >= 0.3 is 0 Å². The Bertz CT molecular complexity index is 979. The van der Waals surface area contributed by atoms with Gasteiger partial charge in [-0.25, -0.2) is 9.07 Å². The molecule has 6 nitrogen and oxygen atoms in total. The molecule has 0 spiro atoms. The van der Waals surface area contributed by atoms with Crippen LogP contribution in [-0.2, 0) is 17.9 Å². The molecule has 4 rings (SSSR count). The van der Waals surface area contributed by atoms with E-state index in [0.717, 1.165) is 12.8 Å². The lowest BCUT2D eigenvalue weighted by molar-refractivity contribution is -0.121. The van der Waals surface area contributed by atoms with E-state index in [-0.39, 0.29) is 46.6 Å². The van der Waals surface area contributed by atoms with Crippen LogP contribution in [0.2, 0.25) is 5.15 Å². The Balaban J connectivity index is 1.92. The van der Waals surface area contributed by atoms with Crippen LogP contribution in [0.3, 0.4) is 0 Å². The predicted molar refractivity (Wildman–Crippen MR) is 96.4 cm³/mol. The van der Waals surface area contributed by atoms with Crippen molar-refractivity contribution >= 4 is 23.2 Å². The van der Waals surface area contributed by atoms with Gasteiger partial charge in [-0.15, -0.1) is 6.58 Å². The van der Waals surface area contributed by atoms with Crippen LogP contribution in [0.15, 0.2) is 29.6 Å². The normalized spacial score (nSPS) is 16.1. The zero-order chi connectivity index (χ0) is 18.4. The van der Waals surface area contributed by atoms with Crippen molar-refractivity contribution in [1.82, 2.24) is 9.36 Å². The number of hydrogen-bond donors (Lipinski definition) is 0. The largest absolute Gasteiger partial charge is 0.481 e. The third kappa shape index (κ3) is 2.46. The van der Waals surface area contributed by atoms with Gasteiger partial charge in [0.25, 0.3) is 11.5 Å². The van der Waals surface area contributed by atoms with Gasteiger partial charge in [-0.3, -0.25) is 14.3 Å². The van der Waals surface area contributed by atoms with Gasteiger partial charge in [0.2, 0.25) is 0 Å². The number of rotatable bonds is 3. The highest BCUT2D eigenvalue weighted by molar-refractivity contribution is 6.32. The molecule has 8 heteroatoms. The standard InChI is InChI=1S/C18H17ClFN3O3/c1-2-5-21-13-8-11(12(20)9-14(13)26-10-15(21)24)16-17(19)22-6-3-4-7-23(22)18(16)25/h2,8-9H,1,3-7,10H2. The van der Waals surface area contributed by atoms with Crippen molar-refractivity contribution in [2.24, 2.45) is 0 Å². The fraction of sp³-hybridized carbons (Fsp3) is 0.333. The van der Waals surface area contributed by atoms with Gasteiger partial charge in [-0.1, -0.05) is 17.7 Å². The Morgan fingerprint density at radius 2 is 1.96 bits per heavy atom. The summed E-state index contributed by atoms with van der Waals surface area (Å²) in [4.78, 5) is 26.4. The predicted octanol–water partition coefficient (Wildman–Crippen LogP) is 2.81. The van der Waals surface area contributed by atoms with Gasteiger partial charge in [-0.05, 0) is 18.9 Å². The number of nitrogens with zero attached hydrogens (tertiary/aromatic N) is 3. The number of hydrogen-bond acceptors (Lipinski definition) is 3. The zero-order valence-corrected chi connectivity index (χ0v) is 14.8. The third-order valence-corrected chi connectivity index (χ3v) is 5.12. The number of anilines is 1. The van der Waals surface area contributed by atoms with Crippen molar-refractivity contribution in [1.29, 1.82) is 0 Å². The molecule has 1 amide bonds. The van der Waals surface area contributed by atoms with Gasteiger partial charge < -0.3 is 9.64 Å². The summed E-state index contributed by atoms with van der Waals surface area (Å²) in [6.07, 6.45) is 3.37. The Labute approximate surface area is 154 Å². The minimum atomic E-state index is -0.612. The smallest absolute Gasteiger partial charge is 0.276 e. The maximum atomic E-state index is 14.8. The number of halogens is 2. The van der Waals surface area contributed by atoms with E-state index in [1.807, 2.05) is 0 Å². The molecule has 2 aliphatic heterocycles. The van der Waals surface area contributed by atoms with Gasteiger partial charge in [0.1, 0.15) is 16.7 Å². The molecular weight excluding hydrogens is 361 g/mol. The maximum absolute atomic E-state index is 14.8. The molecule has 0 atom stereocenters. The molecule has 0 bridgehead atoms. The molecule has 0 fully saturated rings. The second-order valence-corrected chi connectivity index (χ2v) is 6.66. The monoisotopic (exact) mass is 377 g/mol. The van der Waals surface area contributed by atoms with Gasteiger partial charge in [0, 0.05) is 31.3 Å². The summed E-state index contributed by atoms with van der Waals surface area (Å²) >= 11 is 6.41. The molecule has 0 saturated carbocycles. The van der Waals surface area contributed by atoms with Crippen molar-refractivity contribution in [3.8, 4) is 16.9 Å². The summed E-state index contributed by atoms with van der Waals surface area (Å²) in [6, 6.07) is 2.66. The quantitative estimate of drug-likeness (QED) is 0.773. The first-order valence-electron chi connectivity index (χ1n) is 8.40. The van der Waals surface area contributed by atoms with E-state index in [0.29, 0.717) is 18.8 Å². The molecule has 3 heterocycles. The summed E-state index contributed by atoms with van der Waals surface area (Å²) in [5, 5.41) is 0.215. The van der Waals surface area contributed by atoms with E-state index in [1.54, 1.807) is 15.4 Å². The third-order valence-electron chi connectivity index (χ3n) is 4.74. The van der Waals surface area contributed by atoms with Crippen molar-refractivity contribution in [2.75, 3.05) is 18.1 Å². The van der Waals surface area contributed by atoms with Gasteiger partial charge in [0.05, 0.1) is 11.3 Å². The first-order chi connectivity index (χ1) is 12.5. The van der Waals surface area contributed by atoms with E-state index in [9.17, 15) is 14.0 Å². The fourth-order valence-corrected chi connectivity index (χ4v) is 3.85. The molecule has 0 aliphatic carbocycles. The van der Waals surface area contributed by atoms with Crippen LogP contribution < -0.4 is 15.2 Å². The van der Waals surface area contributed by atoms with Crippen LogP contribution in [-0.4, -0.2) is 28.4 Å².